The molecule has 1 aromatic rings. The Morgan fingerprint density at radius 3 is 2.65 bits per heavy atom. The molecule has 0 radical (unpaired) electrons. The summed E-state index contributed by atoms with van der Waals surface area (Å²) >= 11 is 5.81. The minimum Gasteiger partial charge on any atom is -0.314 e. The van der Waals surface area contributed by atoms with Crippen molar-refractivity contribution in [2.24, 2.45) is 0 Å². The first-order valence-electron chi connectivity index (χ1n) is 5.73. The Hall–Kier alpha value is -0.710. The summed E-state index contributed by atoms with van der Waals surface area (Å²) in [7, 11) is 0. The van der Waals surface area contributed by atoms with Gasteiger partial charge in [0, 0.05) is 38.8 Å². The van der Waals surface area contributed by atoms with Crippen LogP contribution in [0.2, 0.25) is 5.02 Å². The summed E-state index contributed by atoms with van der Waals surface area (Å²) in [5.74, 6) is -1.25. The molecule has 1 fully saturated rings. The maximum Gasteiger partial charge on any atom is 0.144 e. The van der Waals surface area contributed by atoms with Crippen LogP contribution in [-0.2, 0) is 6.42 Å². The molecule has 0 atom stereocenters. The van der Waals surface area contributed by atoms with Crippen LogP contribution in [0.4, 0.5) is 8.78 Å². The molecule has 0 saturated carbocycles. The van der Waals surface area contributed by atoms with Crippen molar-refractivity contribution in [2.75, 3.05) is 32.7 Å². The molecular formula is C12H15ClF2N2. The van der Waals surface area contributed by atoms with Crippen molar-refractivity contribution in [3.63, 3.8) is 0 Å². The monoisotopic (exact) mass is 260 g/mol. The molecule has 0 bridgehead atoms. The van der Waals surface area contributed by atoms with Crippen LogP contribution in [0, 0.1) is 11.6 Å². The lowest BCUT2D eigenvalue weighted by Gasteiger charge is -2.27. The SMILES string of the molecule is Fc1cc(F)c(Cl)c(CCN2CCNCC2)c1. The predicted octanol–water partition coefficient (Wildman–Crippen LogP) is 2.07. The fourth-order valence-electron chi connectivity index (χ4n) is 2.00. The highest BCUT2D eigenvalue weighted by Gasteiger charge is 2.13. The highest BCUT2D eigenvalue weighted by Crippen LogP contribution is 2.22. The van der Waals surface area contributed by atoms with Crippen molar-refractivity contribution in [2.45, 2.75) is 6.42 Å². The number of hydrogen-bond donors (Lipinski definition) is 1. The number of rotatable bonds is 3. The van der Waals surface area contributed by atoms with Crippen LogP contribution < -0.4 is 5.32 Å². The Labute approximate surface area is 105 Å². The quantitative estimate of drug-likeness (QED) is 0.837. The van der Waals surface area contributed by atoms with Crippen LogP contribution >= 0.6 is 11.6 Å². The second-order valence-electron chi connectivity index (χ2n) is 4.20. The van der Waals surface area contributed by atoms with Crippen LogP contribution in [0.5, 0.6) is 0 Å². The van der Waals surface area contributed by atoms with E-state index >= 15 is 0 Å². The van der Waals surface area contributed by atoms with E-state index in [-0.39, 0.29) is 5.02 Å². The number of nitrogens with zero attached hydrogens (tertiary/aromatic N) is 1. The van der Waals surface area contributed by atoms with Gasteiger partial charge in [0.2, 0.25) is 0 Å². The lowest BCUT2D eigenvalue weighted by molar-refractivity contribution is 0.244. The van der Waals surface area contributed by atoms with Crippen LogP contribution in [0.1, 0.15) is 5.56 Å². The molecule has 1 aromatic carbocycles. The third-order valence-electron chi connectivity index (χ3n) is 2.98. The minimum atomic E-state index is -0.679. The number of hydrogen-bond acceptors (Lipinski definition) is 2. The number of nitrogens with one attached hydrogen (secondary N) is 1. The molecule has 0 aromatic heterocycles. The molecule has 1 N–H and O–H groups in total. The van der Waals surface area contributed by atoms with Crippen molar-refractivity contribution in [3.8, 4) is 0 Å². The van der Waals surface area contributed by atoms with Gasteiger partial charge in [-0.2, -0.15) is 0 Å². The Morgan fingerprint density at radius 2 is 1.94 bits per heavy atom. The average Bonchev–Trinajstić information content (AvgIpc) is 2.33. The minimum absolute atomic E-state index is 0.0431. The second-order valence-corrected chi connectivity index (χ2v) is 4.58. The van der Waals surface area contributed by atoms with Gasteiger partial charge in [-0.25, -0.2) is 8.78 Å². The van der Waals surface area contributed by atoms with Crippen molar-refractivity contribution in [1.82, 2.24) is 10.2 Å². The van der Waals surface area contributed by atoms with Gasteiger partial charge in [-0.05, 0) is 18.1 Å². The van der Waals surface area contributed by atoms with E-state index in [0.717, 1.165) is 38.8 Å². The van der Waals surface area contributed by atoms with Gasteiger partial charge >= 0.3 is 0 Å². The Bertz CT molecular complexity index is 392. The van der Waals surface area contributed by atoms with Gasteiger partial charge in [0.05, 0.1) is 5.02 Å². The summed E-state index contributed by atoms with van der Waals surface area (Å²) in [4.78, 5) is 2.26. The maximum atomic E-state index is 13.2. The summed E-state index contributed by atoms with van der Waals surface area (Å²) in [5, 5.41) is 3.30. The molecular weight excluding hydrogens is 246 g/mol. The zero-order valence-electron chi connectivity index (χ0n) is 9.48. The molecule has 5 heteroatoms. The molecule has 1 aliphatic heterocycles. The smallest absolute Gasteiger partial charge is 0.144 e. The second kappa shape index (κ2) is 5.76. The van der Waals surface area contributed by atoms with E-state index in [4.69, 9.17) is 11.6 Å². The molecule has 1 saturated heterocycles. The molecule has 2 rings (SSSR count). The molecule has 17 heavy (non-hydrogen) atoms. The molecule has 1 aliphatic rings. The predicted molar refractivity (Wildman–Crippen MR) is 64.4 cm³/mol. The molecule has 0 unspecified atom stereocenters. The van der Waals surface area contributed by atoms with Crippen molar-refractivity contribution >= 4 is 11.6 Å². The van der Waals surface area contributed by atoms with E-state index in [1.165, 1.54) is 6.07 Å². The standard InChI is InChI=1S/C12H15ClF2N2/c13-12-9(7-10(14)8-11(12)15)1-4-17-5-2-16-3-6-17/h7-8,16H,1-6H2. The van der Waals surface area contributed by atoms with Gasteiger partial charge < -0.3 is 10.2 Å². The largest absolute Gasteiger partial charge is 0.314 e. The van der Waals surface area contributed by atoms with Crippen molar-refractivity contribution < 1.29 is 8.78 Å². The van der Waals surface area contributed by atoms with Gasteiger partial charge in [0.15, 0.2) is 0 Å². The third-order valence-corrected chi connectivity index (χ3v) is 3.40. The number of benzene rings is 1. The summed E-state index contributed by atoms with van der Waals surface area (Å²) < 4.78 is 26.3. The Balaban J connectivity index is 1.98. The van der Waals surface area contributed by atoms with E-state index in [2.05, 4.69) is 10.2 Å². The molecule has 1 heterocycles. The Morgan fingerprint density at radius 1 is 1.24 bits per heavy atom. The molecule has 2 nitrogen and oxygen atoms in total. The molecule has 0 aliphatic carbocycles. The van der Waals surface area contributed by atoms with E-state index < -0.39 is 11.6 Å². The van der Waals surface area contributed by atoms with E-state index in [9.17, 15) is 8.78 Å². The normalized spacial score (nSPS) is 17.4. The van der Waals surface area contributed by atoms with Gasteiger partial charge in [-0.15, -0.1) is 0 Å². The number of piperazine rings is 1. The van der Waals surface area contributed by atoms with E-state index in [1.807, 2.05) is 0 Å². The van der Waals surface area contributed by atoms with Gasteiger partial charge in [-0.1, -0.05) is 11.6 Å². The zero-order valence-corrected chi connectivity index (χ0v) is 10.2. The van der Waals surface area contributed by atoms with E-state index in [1.54, 1.807) is 0 Å². The van der Waals surface area contributed by atoms with Gasteiger partial charge in [0.1, 0.15) is 11.6 Å². The molecule has 94 valence electrons. The maximum absolute atomic E-state index is 13.2. The fraction of sp³-hybridized carbons (Fsp3) is 0.500. The third kappa shape index (κ3) is 3.37. The topological polar surface area (TPSA) is 15.3 Å². The first-order valence-corrected chi connectivity index (χ1v) is 6.11. The summed E-state index contributed by atoms with van der Waals surface area (Å²) in [6, 6.07) is 2.13. The Kier molecular flexibility index (Phi) is 4.31. The van der Waals surface area contributed by atoms with E-state index in [0.29, 0.717) is 12.0 Å². The summed E-state index contributed by atoms with van der Waals surface area (Å²) in [5.41, 5.74) is 0.544. The first kappa shape index (κ1) is 12.7. The highest BCUT2D eigenvalue weighted by molar-refractivity contribution is 6.31. The van der Waals surface area contributed by atoms with Crippen LogP contribution in [0.15, 0.2) is 12.1 Å². The van der Waals surface area contributed by atoms with Crippen molar-refractivity contribution in [3.05, 3.63) is 34.4 Å². The van der Waals surface area contributed by atoms with Crippen LogP contribution in [0.25, 0.3) is 0 Å². The number of halogens is 3. The zero-order chi connectivity index (χ0) is 12.3. The first-order chi connectivity index (χ1) is 8.16. The summed E-state index contributed by atoms with van der Waals surface area (Å²) in [6.45, 7) is 4.64. The lowest BCUT2D eigenvalue weighted by Crippen LogP contribution is -2.44. The van der Waals surface area contributed by atoms with Gasteiger partial charge in [0.25, 0.3) is 0 Å². The average molecular weight is 261 g/mol. The fourth-order valence-corrected chi connectivity index (χ4v) is 2.21. The van der Waals surface area contributed by atoms with Crippen LogP contribution in [0.3, 0.4) is 0 Å². The lowest BCUT2D eigenvalue weighted by atomic mass is 10.1. The van der Waals surface area contributed by atoms with Gasteiger partial charge in [-0.3, -0.25) is 0 Å². The molecule has 0 amide bonds. The summed E-state index contributed by atoms with van der Waals surface area (Å²) in [6.07, 6.45) is 0.577. The highest BCUT2D eigenvalue weighted by atomic mass is 35.5. The van der Waals surface area contributed by atoms with Crippen LogP contribution in [-0.4, -0.2) is 37.6 Å². The molecule has 0 spiro atoms. The van der Waals surface area contributed by atoms with Crippen molar-refractivity contribution in [1.29, 1.82) is 0 Å².